The molecule has 1 saturated heterocycles. The van der Waals surface area contributed by atoms with Gasteiger partial charge in [-0.25, -0.2) is 4.98 Å². The summed E-state index contributed by atoms with van der Waals surface area (Å²) in [6.45, 7) is -0.000862. The van der Waals surface area contributed by atoms with E-state index in [4.69, 9.17) is 36.9 Å². The number of halogens is 2. The monoisotopic (exact) mass is 406 g/mol. The molecule has 0 aliphatic carbocycles. The summed E-state index contributed by atoms with van der Waals surface area (Å²) in [7, 11) is -3.57. The maximum absolute atomic E-state index is 11.2. The van der Waals surface area contributed by atoms with Crippen molar-refractivity contribution in [1.82, 2.24) is 9.97 Å². The van der Waals surface area contributed by atoms with Crippen LogP contribution < -0.4 is 0 Å². The van der Waals surface area contributed by atoms with Gasteiger partial charge in [0.05, 0.1) is 30.9 Å². The number of hydrogen-bond donors (Lipinski definition) is 1. The van der Waals surface area contributed by atoms with Gasteiger partial charge in [0.2, 0.25) is 5.79 Å². The lowest BCUT2D eigenvalue weighted by Crippen LogP contribution is -2.32. The fraction of sp³-hybridized carbons (Fsp3) is 0.400. The van der Waals surface area contributed by atoms with Gasteiger partial charge in [0, 0.05) is 23.0 Å². The Morgan fingerprint density at radius 2 is 2.24 bits per heavy atom. The molecule has 2 aromatic rings. The molecular formula is C15H16Cl2N2O5S. The van der Waals surface area contributed by atoms with Crippen LogP contribution in [-0.4, -0.2) is 44.0 Å². The largest absolute Gasteiger partial charge is 0.348 e. The lowest BCUT2D eigenvalue weighted by atomic mass is 10.0. The maximum atomic E-state index is 11.2. The van der Waals surface area contributed by atoms with Crippen molar-refractivity contribution in [2.75, 3.05) is 19.5 Å². The maximum Gasteiger partial charge on any atom is 0.264 e. The van der Waals surface area contributed by atoms with Gasteiger partial charge in [0.1, 0.15) is 11.9 Å². The molecule has 0 bridgehead atoms. The van der Waals surface area contributed by atoms with Crippen molar-refractivity contribution in [3.8, 4) is 0 Å². The van der Waals surface area contributed by atoms with Gasteiger partial charge in [-0.3, -0.25) is 4.18 Å². The van der Waals surface area contributed by atoms with E-state index in [2.05, 4.69) is 9.97 Å². The van der Waals surface area contributed by atoms with Crippen LogP contribution in [0.2, 0.25) is 10.0 Å². The van der Waals surface area contributed by atoms with Crippen molar-refractivity contribution in [2.45, 2.75) is 18.3 Å². The second-order valence-corrected chi connectivity index (χ2v) is 8.12. The van der Waals surface area contributed by atoms with Gasteiger partial charge >= 0.3 is 0 Å². The number of H-pyrrole nitrogens is 1. The number of ether oxygens (including phenoxy) is 2. The second kappa shape index (κ2) is 7.22. The molecule has 136 valence electrons. The van der Waals surface area contributed by atoms with Gasteiger partial charge in [0.25, 0.3) is 10.1 Å². The summed E-state index contributed by atoms with van der Waals surface area (Å²) in [5.41, 5.74) is 0.580. The van der Waals surface area contributed by atoms with E-state index in [1.807, 2.05) is 0 Å². The third-order valence-corrected chi connectivity index (χ3v) is 4.74. The fourth-order valence-electron chi connectivity index (χ4n) is 2.59. The van der Waals surface area contributed by atoms with E-state index in [1.165, 1.54) is 0 Å². The molecular weight excluding hydrogens is 391 g/mol. The Balaban J connectivity index is 1.88. The molecule has 0 amide bonds. The Morgan fingerprint density at radius 3 is 2.88 bits per heavy atom. The highest BCUT2D eigenvalue weighted by Gasteiger charge is 2.45. The van der Waals surface area contributed by atoms with Gasteiger partial charge in [-0.1, -0.05) is 29.3 Å². The predicted octanol–water partition coefficient (Wildman–Crippen LogP) is 2.50. The molecule has 2 atom stereocenters. The lowest BCUT2D eigenvalue weighted by Gasteiger charge is -2.28. The number of benzene rings is 1. The summed E-state index contributed by atoms with van der Waals surface area (Å²) in [6, 6.07) is 4.99. The zero-order valence-corrected chi connectivity index (χ0v) is 15.6. The Labute approximate surface area is 155 Å². The molecule has 1 aliphatic rings. The summed E-state index contributed by atoms with van der Waals surface area (Å²) >= 11 is 12.3. The van der Waals surface area contributed by atoms with Crippen molar-refractivity contribution >= 4 is 33.3 Å². The summed E-state index contributed by atoms with van der Waals surface area (Å²) in [6.07, 6.45) is 3.97. The molecule has 25 heavy (non-hydrogen) atoms. The first kappa shape index (κ1) is 18.6. The van der Waals surface area contributed by atoms with E-state index in [9.17, 15) is 8.42 Å². The Bertz CT molecular complexity index is 844. The zero-order chi connectivity index (χ0) is 18.1. The SMILES string of the molecule is CS(=O)(=O)OC[C@@H]1CO[C@](Cc2ncc[nH]2)(c2ccc(Cl)cc2Cl)O1. The highest BCUT2D eigenvalue weighted by atomic mass is 35.5. The highest BCUT2D eigenvalue weighted by Crippen LogP contribution is 2.41. The van der Waals surface area contributed by atoms with Crippen LogP contribution in [0.3, 0.4) is 0 Å². The zero-order valence-electron chi connectivity index (χ0n) is 13.2. The molecule has 1 aromatic carbocycles. The minimum Gasteiger partial charge on any atom is -0.348 e. The molecule has 1 aromatic heterocycles. The summed E-state index contributed by atoms with van der Waals surface area (Å²) < 4.78 is 39.2. The van der Waals surface area contributed by atoms with Gasteiger partial charge in [-0.05, 0) is 12.1 Å². The number of nitrogens with zero attached hydrogens (tertiary/aromatic N) is 1. The number of nitrogens with one attached hydrogen (secondary N) is 1. The van der Waals surface area contributed by atoms with E-state index in [0.717, 1.165) is 6.26 Å². The van der Waals surface area contributed by atoms with Gasteiger partial charge < -0.3 is 14.5 Å². The smallest absolute Gasteiger partial charge is 0.264 e. The number of aromatic amines is 1. The van der Waals surface area contributed by atoms with E-state index < -0.39 is 22.0 Å². The van der Waals surface area contributed by atoms with Crippen LogP contribution in [0.15, 0.2) is 30.6 Å². The molecule has 1 fully saturated rings. The average molecular weight is 407 g/mol. The van der Waals surface area contributed by atoms with Crippen molar-refractivity contribution in [2.24, 2.45) is 0 Å². The Kier molecular flexibility index (Phi) is 5.38. The van der Waals surface area contributed by atoms with Crippen molar-refractivity contribution in [1.29, 1.82) is 0 Å². The quantitative estimate of drug-likeness (QED) is 0.741. The molecule has 7 nitrogen and oxygen atoms in total. The third kappa shape index (κ3) is 4.52. The molecule has 1 N–H and O–H groups in total. The summed E-state index contributed by atoms with van der Waals surface area (Å²) in [5.74, 6) is -0.582. The molecule has 0 unspecified atom stereocenters. The number of rotatable bonds is 6. The van der Waals surface area contributed by atoms with E-state index >= 15 is 0 Å². The first-order chi connectivity index (χ1) is 11.8. The minimum absolute atomic E-state index is 0.148. The second-order valence-electron chi connectivity index (χ2n) is 5.63. The Morgan fingerprint density at radius 1 is 1.44 bits per heavy atom. The molecule has 0 saturated carbocycles. The van der Waals surface area contributed by atoms with Crippen LogP contribution >= 0.6 is 23.2 Å². The summed E-state index contributed by atoms with van der Waals surface area (Å²) in [5, 5.41) is 0.862. The highest BCUT2D eigenvalue weighted by molar-refractivity contribution is 7.85. The van der Waals surface area contributed by atoms with Gasteiger partial charge in [0.15, 0.2) is 0 Å². The average Bonchev–Trinajstić information content (AvgIpc) is 3.15. The van der Waals surface area contributed by atoms with Crippen LogP contribution in [0.25, 0.3) is 0 Å². The fourth-order valence-corrected chi connectivity index (χ4v) is 3.54. The van der Waals surface area contributed by atoms with Crippen LogP contribution in [0, 0.1) is 0 Å². The number of hydrogen-bond acceptors (Lipinski definition) is 6. The third-order valence-electron chi connectivity index (χ3n) is 3.62. The standard InChI is InChI=1S/C15H16Cl2N2O5S/c1-25(20,21)23-9-11-8-22-15(24-11,7-14-18-4-5-19-14)12-3-2-10(16)6-13(12)17/h2-6,11H,7-9H2,1H3,(H,18,19)/t11-,15-/m0/s1. The summed E-state index contributed by atoms with van der Waals surface area (Å²) in [4.78, 5) is 7.19. The van der Waals surface area contributed by atoms with E-state index in [0.29, 0.717) is 21.4 Å². The predicted molar refractivity (Wildman–Crippen MR) is 92.1 cm³/mol. The first-order valence-corrected chi connectivity index (χ1v) is 9.95. The Hall–Kier alpha value is -1.16. The van der Waals surface area contributed by atoms with Crippen molar-refractivity contribution in [3.63, 3.8) is 0 Å². The van der Waals surface area contributed by atoms with Gasteiger partial charge in [-0.15, -0.1) is 0 Å². The number of aromatic nitrogens is 2. The molecule has 3 rings (SSSR count). The van der Waals surface area contributed by atoms with Gasteiger partial charge in [-0.2, -0.15) is 8.42 Å². The first-order valence-electron chi connectivity index (χ1n) is 7.37. The normalized spacial score (nSPS) is 23.9. The van der Waals surface area contributed by atoms with E-state index in [-0.39, 0.29) is 19.6 Å². The minimum atomic E-state index is -3.57. The van der Waals surface area contributed by atoms with Crippen molar-refractivity contribution in [3.05, 3.63) is 52.0 Å². The topological polar surface area (TPSA) is 90.5 Å². The van der Waals surface area contributed by atoms with Crippen molar-refractivity contribution < 1.29 is 22.1 Å². The van der Waals surface area contributed by atoms with E-state index in [1.54, 1.807) is 30.6 Å². The lowest BCUT2D eigenvalue weighted by molar-refractivity contribution is -0.179. The van der Waals surface area contributed by atoms with Crippen LogP contribution in [0.4, 0.5) is 0 Å². The molecule has 2 heterocycles. The molecule has 0 spiro atoms. The van der Waals surface area contributed by atoms with Crippen LogP contribution in [-0.2, 0) is 36.0 Å². The van der Waals surface area contributed by atoms with Crippen LogP contribution in [0.1, 0.15) is 11.4 Å². The number of imidazole rings is 1. The molecule has 10 heteroatoms. The molecule has 1 aliphatic heterocycles. The van der Waals surface area contributed by atoms with Crippen LogP contribution in [0.5, 0.6) is 0 Å². The molecule has 0 radical (unpaired) electrons.